The van der Waals surface area contributed by atoms with Crippen molar-refractivity contribution in [3.05, 3.63) is 64.7 Å². The Hall–Kier alpha value is -2.67. The van der Waals surface area contributed by atoms with E-state index < -0.39 is 17.7 Å². The monoisotopic (exact) mass is 363 g/mol. The Bertz CT molecular complexity index is 910. The molecular formula is C18H12F3NO2S. The number of halogens is 3. The third-order valence-electron chi connectivity index (χ3n) is 3.49. The Morgan fingerprint density at radius 2 is 1.80 bits per heavy atom. The summed E-state index contributed by atoms with van der Waals surface area (Å²) in [5.74, 6) is -1.03. The van der Waals surface area contributed by atoms with Crippen LogP contribution in [-0.4, -0.2) is 16.1 Å². The molecule has 0 unspecified atom stereocenters. The van der Waals surface area contributed by atoms with Crippen LogP contribution in [0.1, 0.15) is 22.6 Å². The van der Waals surface area contributed by atoms with Gasteiger partial charge in [-0.3, -0.25) is 4.79 Å². The molecule has 0 aliphatic rings. The number of alkyl halides is 3. The van der Waals surface area contributed by atoms with Gasteiger partial charge in [0.2, 0.25) is 0 Å². The first-order valence-corrected chi connectivity index (χ1v) is 8.10. The lowest BCUT2D eigenvalue weighted by Crippen LogP contribution is -2.04. The number of carbonyl (C=O) groups is 1. The van der Waals surface area contributed by atoms with E-state index in [0.29, 0.717) is 16.1 Å². The maximum absolute atomic E-state index is 12.6. The second-order valence-corrected chi connectivity index (χ2v) is 6.38. The number of hydrogen-bond acceptors (Lipinski definition) is 3. The number of fused-ring (bicyclic) bond motifs is 1. The predicted octanol–water partition coefficient (Wildman–Crippen LogP) is 5.33. The summed E-state index contributed by atoms with van der Waals surface area (Å²) in [6, 6.07) is 12.0. The van der Waals surface area contributed by atoms with Crippen molar-refractivity contribution < 1.29 is 23.1 Å². The number of carboxylic acids is 1. The van der Waals surface area contributed by atoms with Crippen LogP contribution < -0.4 is 0 Å². The molecule has 1 heterocycles. The molecule has 7 heteroatoms. The average molecular weight is 363 g/mol. The van der Waals surface area contributed by atoms with Crippen molar-refractivity contribution in [3.63, 3.8) is 0 Å². The maximum atomic E-state index is 12.6. The summed E-state index contributed by atoms with van der Waals surface area (Å²) in [5, 5.41) is 9.68. The van der Waals surface area contributed by atoms with E-state index in [0.717, 1.165) is 22.3 Å². The van der Waals surface area contributed by atoms with Crippen molar-refractivity contribution in [3.8, 4) is 0 Å². The average Bonchev–Trinajstić information content (AvgIpc) is 2.97. The molecule has 0 saturated heterocycles. The fourth-order valence-corrected chi connectivity index (χ4v) is 3.31. The SMILES string of the molecule is O=C(O)C/C(=C\c1ccc(C(F)(F)F)cc1)c1nc2ccccc2s1. The number of thiazole rings is 1. The molecule has 1 aromatic heterocycles. The zero-order valence-electron chi connectivity index (χ0n) is 12.7. The molecule has 0 aliphatic carbocycles. The van der Waals surface area contributed by atoms with Crippen molar-refractivity contribution >= 4 is 39.2 Å². The quantitative estimate of drug-likeness (QED) is 0.682. The number of rotatable bonds is 4. The van der Waals surface area contributed by atoms with Gasteiger partial charge in [0.05, 0.1) is 22.2 Å². The second kappa shape index (κ2) is 6.68. The first kappa shape index (κ1) is 17.2. The van der Waals surface area contributed by atoms with Gasteiger partial charge < -0.3 is 5.11 Å². The Kier molecular flexibility index (Phi) is 4.59. The summed E-state index contributed by atoms with van der Waals surface area (Å²) in [5.41, 5.74) is 0.951. The lowest BCUT2D eigenvalue weighted by molar-refractivity contribution is -0.138. The summed E-state index contributed by atoms with van der Waals surface area (Å²) >= 11 is 1.35. The van der Waals surface area contributed by atoms with Crippen LogP contribution in [0.25, 0.3) is 21.9 Å². The van der Waals surface area contributed by atoms with Crippen LogP contribution in [0.3, 0.4) is 0 Å². The maximum Gasteiger partial charge on any atom is 0.416 e. The standard InChI is InChI=1S/C18H12F3NO2S/c19-18(20,21)13-7-5-11(6-8-13)9-12(10-16(23)24)17-22-14-3-1-2-4-15(14)25-17/h1-9H,10H2,(H,23,24)/b12-9+. The largest absolute Gasteiger partial charge is 0.481 e. The molecule has 128 valence electrons. The van der Waals surface area contributed by atoms with E-state index in [1.807, 2.05) is 24.3 Å². The lowest BCUT2D eigenvalue weighted by atomic mass is 10.1. The summed E-state index contributed by atoms with van der Waals surface area (Å²) < 4.78 is 38.8. The number of aromatic nitrogens is 1. The van der Waals surface area contributed by atoms with Crippen LogP contribution in [0.15, 0.2) is 48.5 Å². The van der Waals surface area contributed by atoms with E-state index in [1.54, 1.807) is 6.08 Å². The Labute approximate surface area is 145 Å². The topological polar surface area (TPSA) is 50.2 Å². The van der Waals surface area contributed by atoms with Gasteiger partial charge in [0.1, 0.15) is 5.01 Å². The summed E-state index contributed by atoms with van der Waals surface area (Å²) in [6.07, 6.45) is -3.11. The van der Waals surface area contributed by atoms with E-state index in [-0.39, 0.29) is 6.42 Å². The first-order chi connectivity index (χ1) is 11.8. The van der Waals surface area contributed by atoms with Crippen LogP contribution in [0, 0.1) is 0 Å². The molecule has 0 aliphatic heterocycles. The van der Waals surface area contributed by atoms with Gasteiger partial charge in [-0.15, -0.1) is 11.3 Å². The number of aliphatic carboxylic acids is 1. The van der Waals surface area contributed by atoms with Gasteiger partial charge in [-0.05, 0) is 41.5 Å². The Morgan fingerprint density at radius 3 is 2.40 bits per heavy atom. The van der Waals surface area contributed by atoms with Gasteiger partial charge >= 0.3 is 12.1 Å². The van der Waals surface area contributed by atoms with E-state index in [1.165, 1.54) is 23.5 Å². The van der Waals surface area contributed by atoms with Crippen molar-refractivity contribution in [2.75, 3.05) is 0 Å². The van der Waals surface area contributed by atoms with Crippen LogP contribution in [0.5, 0.6) is 0 Å². The molecule has 0 bridgehead atoms. The molecule has 0 fully saturated rings. The molecule has 3 aromatic rings. The second-order valence-electron chi connectivity index (χ2n) is 5.35. The summed E-state index contributed by atoms with van der Waals surface area (Å²) in [6.45, 7) is 0. The number of hydrogen-bond donors (Lipinski definition) is 1. The number of carboxylic acid groups (broad SMARTS) is 1. The van der Waals surface area contributed by atoms with Gasteiger partial charge in [0.25, 0.3) is 0 Å². The minimum absolute atomic E-state index is 0.263. The van der Waals surface area contributed by atoms with Gasteiger partial charge in [-0.2, -0.15) is 13.2 Å². The fraction of sp³-hybridized carbons (Fsp3) is 0.111. The van der Waals surface area contributed by atoms with Crippen molar-refractivity contribution in [1.82, 2.24) is 4.98 Å². The molecule has 2 aromatic carbocycles. The smallest absolute Gasteiger partial charge is 0.416 e. The van der Waals surface area contributed by atoms with Gasteiger partial charge in [-0.25, -0.2) is 4.98 Å². The highest BCUT2D eigenvalue weighted by Crippen LogP contribution is 2.32. The Balaban J connectivity index is 2.00. The van der Waals surface area contributed by atoms with Crippen molar-refractivity contribution in [2.24, 2.45) is 0 Å². The van der Waals surface area contributed by atoms with Crippen LogP contribution in [0.2, 0.25) is 0 Å². The minimum Gasteiger partial charge on any atom is -0.481 e. The lowest BCUT2D eigenvalue weighted by Gasteiger charge is -2.07. The molecular weight excluding hydrogens is 351 g/mol. The van der Waals surface area contributed by atoms with Crippen LogP contribution in [0.4, 0.5) is 13.2 Å². The highest BCUT2D eigenvalue weighted by atomic mass is 32.1. The van der Waals surface area contributed by atoms with E-state index in [2.05, 4.69) is 4.98 Å². The van der Waals surface area contributed by atoms with E-state index in [9.17, 15) is 18.0 Å². The number of benzene rings is 2. The van der Waals surface area contributed by atoms with E-state index >= 15 is 0 Å². The van der Waals surface area contributed by atoms with E-state index in [4.69, 9.17) is 5.11 Å². The zero-order chi connectivity index (χ0) is 18.0. The molecule has 3 nitrogen and oxygen atoms in total. The molecule has 0 spiro atoms. The third kappa shape index (κ3) is 4.06. The molecule has 0 amide bonds. The van der Waals surface area contributed by atoms with Gasteiger partial charge in [-0.1, -0.05) is 24.3 Å². The van der Waals surface area contributed by atoms with Crippen molar-refractivity contribution in [2.45, 2.75) is 12.6 Å². The highest BCUT2D eigenvalue weighted by molar-refractivity contribution is 7.19. The summed E-state index contributed by atoms with van der Waals surface area (Å²) in [4.78, 5) is 15.6. The Morgan fingerprint density at radius 1 is 1.12 bits per heavy atom. The zero-order valence-corrected chi connectivity index (χ0v) is 13.6. The molecule has 0 radical (unpaired) electrons. The molecule has 3 rings (SSSR count). The normalized spacial score (nSPS) is 12.5. The van der Waals surface area contributed by atoms with Crippen molar-refractivity contribution in [1.29, 1.82) is 0 Å². The van der Waals surface area contributed by atoms with Gasteiger partial charge in [0, 0.05) is 0 Å². The third-order valence-corrected chi connectivity index (χ3v) is 4.60. The molecule has 0 atom stereocenters. The van der Waals surface area contributed by atoms with Gasteiger partial charge in [0.15, 0.2) is 0 Å². The molecule has 1 N–H and O–H groups in total. The fourth-order valence-electron chi connectivity index (χ4n) is 2.33. The van der Waals surface area contributed by atoms with Crippen LogP contribution >= 0.6 is 11.3 Å². The molecule has 0 saturated carbocycles. The first-order valence-electron chi connectivity index (χ1n) is 7.28. The van der Waals surface area contributed by atoms with Crippen LogP contribution in [-0.2, 0) is 11.0 Å². The predicted molar refractivity (Wildman–Crippen MR) is 91.2 cm³/mol. The minimum atomic E-state index is -4.40. The summed E-state index contributed by atoms with van der Waals surface area (Å²) in [7, 11) is 0. The number of nitrogens with zero attached hydrogens (tertiary/aromatic N) is 1. The highest BCUT2D eigenvalue weighted by Gasteiger charge is 2.29. The number of para-hydroxylation sites is 1. The molecule has 25 heavy (non-hydrogen) atoms.